The summed E-state index contributed by atoms with van der Waals surface area (Å²) in [7, 11) is 0. The number of imidazole rings is 2. The summed E-state index contributed by atoms with van der Waals surface area (Å²) < 4.78 is 29.0. The number of H-pyrrole nitrogens is 1. The van der Waals surface area contributed by atoms with E-state index in [1.165, 1.54) is 35.4 Å². The zero-order valence-electron chi connectivity index (χ0n) is 13.9. The molecule has 0 aliphatic heterocycles. The number of halogens is 2. The van der Waals surface area contributed by atoms with Crippen molar-refractivity contribution in [3.05, 3.63) is 84.7 Å². The second kappa shape index (κ2) is 6.83. The number of nitrogens with zero attached hydrogens (tertiary/aromatic N) is 3. The molecule has 2 aromatic carbocycles. The summed E-state index contributed by atoms with van der Waals surface area (Å²) in [5.74, 6) is -2.29. The molecule has 0 saturated heterocycles. The molecular formula is C19H13F2N5O. The molecule has 6 nitrogen and oxygen atoms in total. The molecule has 0 bridgehead atoms. The van der Waals surface area contributed by atoms with Crippen LogP contribution < -0.4 is 5.32 Å². The highest BCUT2D eigenvalue weighted by Crippen LogP contribution is 2.24. The normalized spacial score (nSPS) is 10.7. The molecular weight excluding hydrogens is 352 g/mol. The van der Waals surface area contributed by atoms with Crippen molar-refractivity contribution in [3.63, 3.8) is 0 Å². The number of benzene rings is 2. The first-order valence-electron chi connectivity index (χ1n) is 8.02. The standard InChI is InChI=1S/C19H13F2N5O/c20-13-7-4-8-15(17(13)21)26-11-22-10-16(26)14-9-23-18(25-14)19(27)24-12-5-2-1-3-6-12/h1-11H,(H,23,25)(H,24,27). The highest BCUT2D eigenvalue weighted by Gasteiger charge is 2.17. The molecule has 8 heteroatoms. The summed E-state index contributed by atoms with van der Waals surface area (Å²) in [5.41, 5.74) is 1.41. The Balaban J connectivity index is 1.64. The van der Waals surface area contributed by atoms with Crippen LogP contribution in [0.3, 0.4) is 0 Å². The number of para-hydroxylation sites is 1. The van der Waals surface area contributed by atoms with Crippen molar-refractivity contribution in [2.75, 3.05) is 5.32 Å². The Hall–Kier alpha value is -3.81. The Kier molecular flexibility index (Phi) is 4.21. The van der Waals surface area contributed by atoms with E-state index < -0.39 is 17.5 Å². The highest BCUT2D eigenvalue weighted by molar-refractivity contribution is 6.01. The quantitative estimate of drug-likeness (QED) is 0.578. The van der Waals surface area contributed by atoms with E-state index in [0.29, 0.717) is 17.1 Å². The highest BCUT2D eigenvalue weighted by atomic mass is 19.2. The number of amides is 1. The van der Waals surface area contributed by atoms with Crippen molar-refractivity contribution >= 4 is 11.6 Å². The predicted octanol–water partition coefficient (Wildman–Crippen LogP) is 3.79. The van der Waals surface area contributed by atoms with E-state index in [1.54, 1.807) is 24.3 Å². The summed E-state index contributed by atoms with van der Waals surface area (Å²) in [6.07, 6.45) is 4.32. The van der Waals surface area contributed by atoms with E-state index in [9.17, 15) is 13.6 Å². The SMILES string of the molecule is O=C(Nc1ccccc1)c1nc(-c2cncn2-c2cccc(F)c2F)c[nH]1. The molecule has 2 N–H and O–H groups in total. The molecule has 0 radical (unpaired) electrons. The van der Waals surface area contributed by atoms with Crippen molar-refractivity contribution in [1.82, 2.24) is 19.5 Å². The summed E-state index contributed by atoms with van der Waals surface area (Å²) >= 11 is 0. The molecule has 2 heterocycles. The molecule has 0 saturated carbocycles. The maximum atomic E-state index is 14.1. The minimum Gasteiger partial charge on any atom is -0.340 e. The third-order valence-electron chi connectivity index (χ3n) is 3.92. The van der Waals surface area contributed by atoms with Crippen LogP contribution in [0.25, 0.3) is 17.1 Å². The zero-order valence-corrected chi connectivity index (χ0v) is 13.9. The van der Waals surface area contributed by atoms with E-state index in [2.05, 4.69) is 20.3 Å². The molecule has 0 aliphatic carbocycles. The van der Waals surface area contributed by atoms with Gasteiger partial charge in [-0.05, 0) is 24.3 Å². The summed E-state index contributed by atoms with van der Waals surface area (Å²) in [6.45, 7) is 0. The van der Waals surface area contributed by atoms with E-state index in [1.807, 2.05) is 6.07 Å². The van der Waals surface area contributed by atoms with Crippen LogP contribution in [0.4, 0.5) is 14.5 Å². The second-order valence-electron chi connectivity index (χ2n) is 5.68. The van der Waals surface area contributed by atoms with Crippen molar-refractivity contribution < 1.29 is 13.6 Å². The first-order chi connectivity index (χ1) is 13.1. The molecule has 0 atom stereocenters. The smallest absolute Gasteiger partial charge is 0.291 e. The van der Waals surface area contributed by atoms with Crippen LogP contribution >= 0.6 is 0 Å². The Morgan fingerprint density at radius 1 is 1.07 bits per heavy atom. The number of nitrogens with one attached hydrogen (secondary N) is 2. The third-order valence-corrected chi connectivity index (χ3v) is 3.92. The Bertz CT molecular complexity index is 1100. The van der Waals surface area contributed by atoms with E-state index in [4.69, 9.17) is 0 Å². The van der Waals surface area contributed by atoms with Crippen LogP contribution in [-0.2, 0) is 0 Å². The number of aromatic nitrogens is 4. The lowest BCUT2D eigenvalue weighted by atomic mass is 10.2. The number of hydrogen-bond acceptors (Lipinski definition) is 3. The fourth-order valence-electron chi connectivity index (χ4n) is 2.64. The first kappa shape index (κ1) is 16.6. The number of rotatable bonds is 4. The van der Waals surface area contributed by atoms with E-state index >= 15 is 0 Å². The number of hydrogen-bond donors (Lipinski definition) is 2. The van der Waals surface area contributed by atoms with Crippen LogP contribution in [0, 0.1) is 11.6 Å². The first-order valence-corrected chi connectivity index (χ1v) is 8.02. The summed E-state index contributed by atoms with van der Waals surface area (Å²) in [4.78, 5) is 23.3. The minimum absolute atomic E-state index is 0.000729. The molecule has 4 rings (SSSR count). The average Bonchev–Trinajstić information content (AvgIpc) is 3.34. The predicted molar refractivity (Wildman–Crippen MR) is 95.5 cm³/mol. The molecule has 4 aromatic rings. The number of anilines is 1. The molecule has 0 spiro atoms. The van der Waals surface area contributed by atoms with Gasteiger partial charge in [-0.3, -0.25) is 9.36 Å². The van der Waals surface area contributed by atoms with Gasteiger partial charge in [-0.25, -0.2) is 18.7 Å². The van der Waals surface area contributed by atoms with Gasteiger partial charge in [0.2, 0.25) is 0 Å². The topological polar surface area (TPSA) is 75.6 Å². The van der Waals surface area contributed by atoms with Gasteiger partial charge >= 0.3 is 0 Å². The summed E-state index contributed by atoms with van der Waals surface area (Å²) in [6, 6.07) is 12.8. The van der Waals surface area contributed by atoms with Crippen LogP contribution in [-0.4, -0.2) is 25.4 Å². The van der Waals surface area contributed by atoms with Crippen molar-refractivity contribution in [1.29, 1.82) is 0 Å². The largest absolute Gasteiger partial charge is 0.340 e. The number of aromatic amines is 1. The van der Waals surface area contributed by atoms with E-state index in [0.717, 1.165) is 6.07 Å². The molecule has 0 unspecified atom stereocenters. The van der Waals surface area contributed by atoms with E-state index in [-0.39, 0.29) is 11.5 Å². The fraction of sp³-hybridized carbons (Fsp3) is 0. The van der Waals surface area contributed by atoms with Crippen molar-refractivity contribution in [2.24, 2.45) is 0 Å². The van der Waals surface area contributed by atoms with Gasteiger partial charge in [0.15, 0.2) is 17.5 Å². The molecule has 134 valence electrons. The molecule has 27 heavy (non-hydrogen) atoms. The van der Waals surface area contributed by atoms with Gasteiger partial charge in [0.25, 0.3) is 5.91 Å². The van der Waals surface area contributed by atoms with Crippen LogP contribution in [0.5, 0.6) is 0 Å². The van der Waals surface area contributed by atoms with Crippen LogP contribution in [0.2, 0.25) is 0 Å². The lowest BCUT2D eigenvalue weighted by Crippen LogP contribution is -2.13. The van der Waals surface area contributed by atoms with Crippen LogP contribution in [0.15, 0.2) is 67.3 Å². The molecule has 1 amide bonds. The van der Waals surface area contributed by atoms with Gasteiger partial charge in [-0.15, -0.1) is 0 Å². The van der Waals surface area contributed by atoms with Gasteiger partial charge < -0.3 is 10.3 Å². The monoisotopic (exact) mass is 365 g/mol. The lowest BCUT2D eigenvalue weighted by molar-refractivity contribution is 0.101. The third kappa shape index (κ3) is 3.20. The Morgan fingerprint density at radius 2 is 1.89 bits per heavy atom. The van der Waals surface area contributed by atoms with Crippen molar-refractivity contribution in [2.45, 2.75) is 0 Å². The van der Waals surface area contributed by atoms with Gasteiger partial charge in [-0.1, -0.05) is 24.3 Å². The fourth-order valence-corrected chi connectivity index (χ4v) is 2.64. The van der Waals surface area contributed by atoms with Gasteiger partial charge in [-0.2, -0.15) is 0 Å². The molecule has 2 aromatic heterocycles. The summed E-state index contributed by atoms with van der Waals surface area (Å²) in [5, 5.41) is 2.72. The minimum atomic E-state index is -0.991. The number of carbonyl (C=O) groups excluding carboxylic acids is 1. The number of carbonyl (C=O) groups is 1. The average molecular weight is 365 g/mol. The van der Waals surface area contributed by atoms with Crippen molar-refractivity contribution in [3.8, 4) is 17.1 Å². The zero-order chi connectivity index (χ0) is 18.8. The van der Waals surface area contributed by atoms with Gasteiger partial charge in [0.05, 0.1) is 23.9 Å². The molecule has 0 fully saturated rings. The van der Waals surface area contributed by atoms with Gasteiger partial charge in [0, 0.05) is 11.9 Å². The second-order valence-corrected chi connectivity index (χ2v) is 5.68. The van der Waals surface area contributed by atoms with Gasteiger partial charge in [0.1, 0.15) is 5.69 Å². The Morgan fingerprint density at radius 3 is 2.70 bits per heavy atom. The maximum Gasteiger partial charge on any atom is 0.291 e. The maximum absolute atomic E-state index is 14.1. The Labute approximate surface area is 152 Å². The van der Waals surface area contributed by atoms with Crippen LogP contribution in [0.1, 0.15) is 10.6 Å². The molecule has 0 aliphatic rings. The lowest BCUT2D eigenvalue weighted by Gasteiger charge is -2.08.